The molecular weight excluding hydrogens is 242 g/mol. The number of aromatic nitrogens is 1. The van der Waals surface area contributed by atoms with E-state index in [1.165, 1.54) is 0 Å². The van der Waals surface area contributed by atoms with Gasteiger partial charge in [0.1, 0.15) is 5.82 Å². The van der Waals surface area contributed by atoms with Crippen molar-refractivity contribution >= 4 is 11.7 Å². The maximum Gasteiger partial charge on any atom is 0.217 e. The molecule has 2 rings (SSSR count). The van der Waals surface area contributed by atoms with Crippen LogP contribution in [-0.2, 0) is 4.79 Å². The predicted molar refractivity (Wildman–Crippen MR) is 73.6 cm³/mol. The lowest BCUT2D eigenvalue weighted by atomic mass is 9.93. The van der Waals surface area contributed by atoms with Gasteiger partial charge in [-0.2, -0.15) is 0 Å². The second-order valence-corrected chi connectivity index (χ2v) is 5.23. The average Bonchev–Trinajstić information content (AvgIpc) is 2.39. The van der Waals surface area contributed by atoms with Gasteiger partial charge in [-0.1, -0.05) is 6.07 Å². The van der Waals surface area contributed by atoms with E-state index in [1.54, 1.807) is 13.1 Å². The number of amides is 1. The molecular formula is C14H21N3O2. The number of hydrogen-bond donors (Lipinski definition) is 2. The van der Waals surface area contributed by atoms with Gasteiger partial charge < -0.3 is 15.7 Å². The largest absolute Gasteiger partial charge is 0.389 e. The SMILES string of the molecule is C[C@H](O)c1ccc(N2CCC(CC(N)=O)CC2)nc1. The molecule has 1 aromatic heterocycles. The molecule has 1 saturated heterocycles. The average molecular weight is 263 g/mol. The zero-order valence-corrected chi connectivity index (χ0v) is 11.2. The third-order valence-electron chi connectivity index (χ3n) is 3.68. The molecule has 0 bridgehead atoms. The van der Waals surface area contributed by atoms with E-state index >= 15 is 0 Å². The van der Waals surface area contributed by atoms with Gasteiger partial charge in [0.25, 0.3) is 0 Å². The van der Waals surface area contributed by atoms with Crippen molar-refractivity contribution in [2.24, 2.45) is 11.7 Å². The van der Waals surface area contributed by atoms with Crippen molar-refractivity contribution in [1.29, 1.82) is 0 Å². The molecule has 0 unspecified atom stereocenters. The van der Waals surface area contributed by atoms with Crippen LogP contribution in [0.3, 0.4) is 0 Å². The number of pyridine rings is 1. The molecule has 2 heterocycles. The van der Waals surface area contributed by atoms with Gasteiger partial charge in [0.15, 0.2) is 0 Å². The van der Waals surface area contributed by atoms with E-state index in [0.29, 0.717) is 12.3 Å². The second-order valence-electron chi connectivity index (χ2n) is 5.23. The number of anilines is 1. The lowest BCUT2D eigenvalue weighted by Gasteiger charge is -2.32. The summed E-state index contributed by atoms with van der Waals surface area (Å²) in [6, 6.07) is 3.85. The molecule has 5 nitrogen and oxygen atoms in total. The number of rotatable bonds is 4. The Hall–Kier alpha value is -1.62. The van der Waals surface area contributed by atoms with Crippen LogP contribution in [0.15, 0.2) is 18.3 Å². The molecule has 1 aliphatic heterocycles. The minimum atomic E-state index is -0.483. The summed E-state index contributed by atoms with van der Waals surface area (Å²) in [5, 5.41) is 9.45. The van der Waals surface area contributed by atoms with Crippen LogP contribution in [0.5, 0.6) is 0 Å². The summed E-state index contributed by atoms with van der Waals surface area (Å²) in [6.07, 6.45) is 3.67. The van der Waals surface area contributed by atoms with Crippen molar-refractivity contribution < 1.29 is 9.90 Å². The summed E-state index contributed by atoms with van der Waals surface area (Å²) in [5.41, 5.74) is 6.05. The second kappa shape index (κ2) is 6.02. The third kappa shape index (κ3) is 3.67. The Balaban J connectivity index is 1.92. The van der Waals surface area contributed by atoms with E-state index in [4.69, 9.17) is 5.73 Å². The Morgan fingerprint density at radius 3 is 2.68 bits per heavy atom. The highest BCUT2D eigenvalue weighted by molar-refractivity contribution is 5.74. The molecule has 1 aromatic rings. The number of carbonyl (C=O) groups excluding carboxylic acids is 1. The van der Waals surface area contributed by atoms with Gasteiger partial charge in [-0.15, -0.1) is 0 Å². The van der Waals surface area contributed by atoms with E-state index in [9.17, 15) is 9.90 Å². The van der Waals surface area contributed by atoms with Gasteiger partial charge >= 0.3 is 0 Å². The number of aliphatic hydroxyl groups is 1. The Morgan fingerprint density at radius 1 is 1.53 bits per heavy atom. The maximum absolute atomic E-state index is 10.9. The minimum Gasteiger partial charge on any atom is -0.389 e. The van der Waals surface area contributed by atoms with Crippen LogP contribution in [-0.4, -0.2) is 29.1 Å². The number of nitrogens with zero attached hydrogens (tertiary/aromatic N) is 2. The first-order valence-electron chi connectivity index (χ1n) is 6.73. The monoisotopic (exact) mass is 263 g/mol. The summed E-state index contributed by atoms with van der Waals surface area (Å²) >= 11 is 0. The highest BCUT2D eigenvalue weighted by atomic mass is 16.3. The van der Waals surface area contributed by atoms with E-state index in [1.807, 2.05) is 12.1 Å². The maximum atomic E-state index is 10.9. The van der Waals surface area contributed by atoms with Gasteiger partial charge in [0, 0.05) is 25.7 Å². The van der Waals surface area contributed by atoms with Crippen LogP contribution in [0, 0.1) is 5.92 Å². The standard InChI is InChI=1S/C14H21N3O2/c1-10(18)12-2-3-14(16-9-12)17-6-4-11(5-7-17)8-13(15)19/h2-3,9-11,18H,4-8H2,1H3,(H2,15,19)/t10-/m0/s1. The minimum absolute atomic E-state index is 0.210. The third-order valence-corrected chi connectivity index (χ3v) is 3.68. The number of aliphatic hydroxyl groups excluding tert-OH is 1. The van der Waals surface area contributed by atoms with Crippen molar-refractivity contribution in [2.75, 3.05) is 18.0 Å². The lowest BCUT2D eigenvalue weighted by molar-refractivity contribution is -0.119. The number of primary amides is 1. The molecule has 0 spiro atoms. The van der Waals surface area contributed by atoms with E-state index in [0.717, 1.165) is 37.3 Å². The van der Waals surface area contributed by atoms with Gasteiger partial charge in [-0.3, -0.25) is 4.79 Å². The molecule has 3 N–H and O–H groups in total. The molecule has 19 heavy (non-hydrogen) atoms. The molecule has 1 atom stereocenters. The first-order chi connectivity index (χ1) is 9.06. The zero-order chi connectivity index (χ0) is 13.8. The molecule has 1 fully saturated rings. The highest BCUT2D eigenvalue weighted by Gasteiger charge is 2.21. The number of nitrogens with two attached hydrogens (primary N) is 1. The smallest absolute Gasteiger partial charge is 0.217 e. The van der Waals surface area contributed by atoms with Gasteiger partial charge in [0.2, 0.25) is 5.91 Å². The van der Waals surface area contributed by atoms with Gasteiger partial charge in [-0.05, 0) is 37.3 Å². The van der Waals surface area contributed by atoms with Crippen LogP contribution < -0.4 is 10.6 Å². The predicted octanol–water partition coefficient (Wildman–Crippen LogP) is 1.23. The molecule has 1 aliphatic rings. The highest BCUT2D eigenvalue weighted by Crippen LogP contribution is 2.24. The first-order valence-corrected chi connectivity index (χ1v) is 6.73. The number of hydrogen-bond acceptors (Lipinski definition) is 4. The van der Waals surface area contributed by atoms with Crippen LogP contribution >= 0.6 is 0 Å². The molecule has 0 aliphatic carbocycles. The van der Waals surface area contributed by atoms with Crippen LogP contribution in [0.2, 0.25) is 0 Å². The van der Waals surface area contributed by atoms with Crippen LogP contribution in [0.25, 0.3) is 0 Å². The molecule has 5 heteroatoms. The summed E-state index contributed by atoms with van der Waals surface area (Å²) in [4.78, 5) is 17.5. The number of carbonyl (C=O) groups is 1. The molecule has 104 valence electrons. The fourth-order valence-corrected chi connectivity index (χ4v) is 2.48. The molecule has 0 radical (unpaired) electrons. The van der Waals surface area contributed by atoms with Crippen LogP contribution in [0.1, 0.15) is 37.9 Å². The summed E-state index contributed by atoms with van der Waals surface area (Å²) < 4.78 is 0. The number of piperidine rings is 1. The van der Waals surface area contributed by atoms with Crippen molar-refractivity contribution in [2.45, 2.75) is 32.3 Å². The Kier molecular flexibility index (Phi) is 4.37. The van der Waals surface area contributed by atoms with Crippen molar-refractivity contribution in [3.05, 3.63) is 23.9 Å². The quantitative estimate of drug-likeness (QED) is 0.856. The van der Waals surface area contributed by atoms with Crippen molar-refractivity contribution in [3.63, 3.8) is 0 Å². The summed E-state index contributed by atoms with van der Waals surface area (Å²) in [7, 11) is 0. The fraction of sp³-hybridized carbons (Fsp3) is 0.571. The van der Waals surface area contributed by atoms with E-state index < -0.39 is 6.10 Å². The Labute approximate surface area is 113 Å². The normalized spacial score (nSPS) is 18.3. The Morgan fingerprint density at radius 2 is 2.21 bits per heavy atom. The van der Waals surface area contributed by atoms with E-state index in [2.05, 4.69) is 9.88 Å². The molecule has 1 amide bonds. The first kappa shape index (κ1) is 13.8. The zero-order valence-electron chi connectivity index (χ0n) is 11.2. The lowest BCUT2D eigenvalue weighted by Crippen LogP contribution is -2.35. The Bertz CT molecular complexity index is 423. The van der Waals surface area contributed by atoms with Crippen molar-refractivity contribution in [3.8, 4) is 0 Å². The van der Waals surface area contributed by atoms with Crippen molar-refractivity contribution in [1.82, 2.24) is 4.98 Å². The topological polar surface area (TPSA) is 79.5 Å². The summed E-state index contributed by atoms with van der Waals surface area (Å²) in [5.74, 6) is 1.13. The van der Waals surface area contributed by atoms with Gasteiger partial charge in [-0.25, -0.2) is 4.98 Å². The molecule has 0 aromatic carbocycles. The summed E-state index contributed by atoms with van der Waals surface area (Å²) in [6.45, 7) is 3.53. The molecule has 0 saturated carbocycles. The van der Waals surface area contributed by atoms with E-state index in [-0.39, 0.29) is 5.91 Å². The fourth-order valence-electron chi connectivity index (χ4n) is 2.48. The van der Waals surface area contributed by atoms with Gasteiger partial charge in [0.05, 0.1) is 6.10 Å². The van der Waals surface area contributed by atoms with Crippen LogP contribution in [0.4, 0.5) is 5.82 Å².